The molecule has 4 nitrogen and oxygen atoms in total. The number of rotatable bonds is 5. The number of hydrogen-bond donors (Lipinski definition) is 2. The van der Waals surface area contributed by atoms with Gasteiger partial charge in [-0.15, -0.1) is 24.0 Å². The number of hydrogen-bond acceptors (Lipinski definition) is 2. The summed E-state index contributed by atoms with van der Waals surface area (Å²) in [4.78, 5) is 5.15. The van der Waals surface area contributed by atoms with E-state index in [4.69, 9.17) is 0 Å². The van der Waals surface area contributed by atoms with Gasteiger partial charge >= 0.3 is 0 Å². The van der Waals surface area contributed by atoms with E-state index in [9.17, 15) is 4.21 Å². The Balaban J connectivity index is 0.00000264. The highest BCUT2D eigenvalue weighted by molar-refractivity contribution is 14.0. The van der Waals surface area contributed by atoms with E-state index >= 15 is 0 Å². The van der Waals surface area contributed by atoms with Gasteiger partial charge in [0.2, 0.25) is 0 Å². The molecule has 1 fully saturated rings. The van der Waals surface area contributed by atoms with Gasteiger partial charge in [0.15, 0.2) is 5.96 Å². The fraction of sp³-hybridized carbons (Fsp3) is 0.588. The van der Waals surface area contributed by atoms with E-state index in [2.05, 4.69) is 22.5 Å². The second-order valence-electron chi connectivity index (χ2n) is 5.97. The molecule has 2 rings (SSSR count). The summed E-state index contributed by atoms with van der Waals surface area (Å²) < 4.78 is 12.2. The van der Waals surface area contributed by atoms with Gasteiger partial charge in [0.1, 0.15) is 0 Å². The average Bonchev–Trinajstić information content (AvgIpc) is 2.54. The molecule has 1 aromatic rings. The van der Waals surface area contributed by atoms with Crippen molar-refractivity contribution in [2.45, 2.75) is 43.5 Å². The van der Waals surface area contributed by atoms with Crippen LogP contribution in [-0.2, 0) is 10.8 Å². The van der Waals surface area contributed by atoms with Crippen LogP contribution in [0.1, 0.15) is 32.6 Å². The van der Waals surface area contributed by atoms with Gasteiger partial charge in [0, 0.05) is 30.3 Å². The highest BCUT2D eigenvalue weighted by atomic mass is 127. The average molecular weight is 449 g/mol. The molecule has 1 aliphatic rings. The Labute approximate surface area is 159 Å². The van der Waals surface area contributed by atoms with Crippen LogP contribution in [0.2, 0.25) is 0 Å². The lowest BCUT2D eigenvalue weighted by Crippen LogP contribution is -2.46. The fourth-order valence-corrected chi connectivity index (χ4v) is 3.89. The van der Waals surface area contributed by atoms with Crippen molar-refractivity contribution >= 4 is 40.7 Å². The Hall–Kier alpha value is -0.630. The zero-order chi connectivity index (χ0) is 15.8. The SMILES string of the molecule is CN=C(NCCS(=O)c1ccccc1)NC1CCCC(C)C1.I. The third-order valence-electron chi connectivity index (χ3n) is 4.09. The van der Waals surface area contributed by atoms with E-state index < -0.39 is 10.8 Å². The first kappa shape index (κ1) is 20.4. The van der Waals surface area contributed by atoms with Crippen LogP contribution in [0.25, 0.3) is 0 Å². The van der Waals surface area contributed by atoms with E-state index in [1.165, 1.54) is 25.7 Å². The van der Waals surface area contributed by atoms with Crippen LogP contribution in [0.5, 0.6) is 0 Å². The Morgan fingerprint density at radius 2 is 2.04 bits per heavy atom. The monoisotopic (exact) mass is 449 g/mol. The predicted molar refractivity (Wildman–Crippen MR) is 109 cm³/mol. The molecule has 23 heavy (non-hydrogen) atoms. The summed E-state index contributed by atoms with van der Waals surface area (Å²) in [5.41, 5.74) is 0. The quantitative estimate of drug-likeness (QED) is 0.413. The molecule has 0 spiro atoms. The first-order valence-corrected chi connectivity index (χ1v) is 9.41. The number of guanidine groups is 1. The molecule has 0 bridgehead atoms. The van der Waals surface area contributed by atoms with Gasteiger partial charge in [-0.2, -0.15) is 0 Å². The second kappa shape index (κ2) is 11.0. The maximum absolute atomic E-state index is 12.2. The number of nitrogens with one attached hydrogen (secondary N) is 2. The van der Waals surface area contributed by atoms with Gasteiger partial charge in [-0.25, -0.2) is 0 Å². The molecule has 130 valence electrons. The summed E-state index contributed by atoms with van der Waals surface area (Å²) in [6, 6.07) is 10.1. The number of benzene rings is 1. The summed E-state index contributed by atoms with van der Waals surface area (Å²) in [5.74, 6) is 2.20. The van der Waals surface area contributed by atoms with Crippen molar-refractivity contribution in [3.63, 3.8) is 0 Å². The Morgan fingerprint density at radius 1 is 1.30 bits per heavy atom. The summed E-state index contributed by atoms with van der Waals surface area (Å²) in [6.45, 7) is 2.97. The van der Waals surface area contributed by atoms with Crippen LogP contribution in [0, 0.1) is 5.92 Å². The largest absolute Gasteiger partial charge is 0.355 e. The minimum absolute atomic E-state index is 0. The molecule has 2 N–H and O–H groups in total. The van der Waals surface area contributed by atoms with Gasteiger partial charge in [0.05, 0.1) is 10.8 Å². The van der Waals surface area contributed by atoms with Crippen molar-refractivity contribution in [1.82, 2.24) is 10.6 Å². The highest BCUT2D eigenvalue weighted by Crippen LogP contribution is 2.23. The summed E-state index contributed by atoms with van der Waals surface area (Å²) >= 11 is 0. The molecule has 0 heterocycles. The van der Waals surface area contributed by atoms with Crippen molar-refractivity contribution in [2.75, 3.05) is 19.3 Å². The smallest absolute Gasteiger partial charge is 0.191 e. The molecule has 0 saturated heterocycles. The van der Waals surface area contributed by atoms with Gasteiger partial charge in [-0.3, -0.25) is 9.20 Å². The van der Waals surface area contributed by atoms with Crippen molar-refractivity contribution in [2.24, 2.45) is 10.9 Å². The minimum atomic E-state index is -0.960. The molecule has 1 aromatic carbocycles. The van der Waals surface area contributed by atoms with Crippen LogP contribution >= 0.6 is 24.0 Å². The molecule has 1 saturated carbocycles. The van der Waals surface area contributed by atoms with Gasteiger partial charge in [0.25, 0.3) is 0 Å². The maximum Gasteiger partial charge on any atom is 0.191 e. The van der Waals surface area contributed by atoms with Crippen LogP contribution in [0.4, 0.5) is 0 Å². The first-order chi connectivity index (χ1) is 10.7. The van der Waals surface area contributed by atoms with Crippen molar-refractivity contribution < 1.29 is 4.21 Å². The van der Waals surface area contributed by atoms with Crippen LogP contribution in [0.3, 0.4) is 0 Å². The highest BCUT2D eigenvalue weighted by Gasteiger charge is 2.19. The number of halogens is 1. The summed E-state index contributed by atoms with van der Waals surface area (Å²) in [6.07, 6.45) is 5.03. The van der Waals surface area contributed by atoms with Gasteiger partial charge in [-0.1, -0.05) is 38.0 Å². The maximum atomic E-state index is 12.2. The summed E-state index contributed by atoms with van der Waals surface area (Å²) in [5, 5.41) is 6.77. The fourth-order valence-electron chi connectivity index (χ4n) is 2.91. The van der Waals surface area contributed by atoms with Gasteiger partial charge < -0.3 is 10.6 Å². The molecule has 3 unspecified atom stereocenters. The topological polar surface area (TPSA) is 53.5 Å². The standard InChI is InChI=1S/C17H27N3OS.HI/c1-14-7-6-8-15(13-14)20-17(18-2)19-11-12-22(21)16-9-4-3-5-10-16;/h3-5,9-10,14-15H,6-8,11-13H2,1-2H3,(H2,18,19,20);1H. The zero-order valence-electron chi connectivity index (χ0n) is 14.0. The lowest BCUT2D eigenvalue weighted by atomic mass is 9.87. The first-order valence-electron chi connectivity index (χ1n) is 8.09. The summed E-state index contributed by atoms with van der Waals surface area (Å²) in [7, 11) is 0.828. The Bertz CT molecular complexity index is 510. The molecular weight excluding hydrogens is 421 g/mol. The van der Waals surface area contributed by atoms with Crippen molar-refractivity contribution in [3.05, 3.63) is 30.3 Å². The molecular formula is C17H28IN3OS. The van der Waals surface area contributed by atoms with E-state index in [1.54, 1.807) is 7.05 Å². The lowest BCUT2D eigenvalue weighted by Gasteiger charge is -2.28. The molecule has 1 aliphatic carbocycles. The molecule has 0 aromatic heterocycles. The van der Waals surface area contributed by atoms with E-state index in [0.717, 1.165) is 16.8 Å². The normalized spacial score (nSPS) is 22.8. The number of aliphatic imine (C=N–C) groups is 1. The van der Waals surface area contributed by atoms with E-state index in [1.807, 2.05) is 30.3 Å². The van der Waals surface area contributed by atoms with E-state index in [-0.39, 0.29) is 24.0 Å². The molecule has 0 aliphatic heterocycles. The van der Waals surface area contributed by atoms with Crippen LogP contribution in [0.15, 0.2) is 40.2 Å². The lowest BCUT2D eigenvalue weighted by molar-refractivity contribution is 0.324. The third-order valence-corrected chi connectivity index (χ3v) is 5.46. The van der Waals surface area contributed by atoms with Crippen molar-refractivity contribution in [1.29, 1.82) is 0 Å². The Morgan fingerprint density at radius 3 is 2.70 bits per heavy atom. The second-order valence-corrected chi connectivity index (χ2v) is 7.55. The van der Waals surface area contributed by atoms with Gasteiger partial charge in [-0.05, 0) is 30.9 Å². The minimum Gasteiger partial charge on any atom is -0.355 e. The third kappa shape index (κ3) is 7.20. The zero-order valence-corrected chi connectivity index (χ0v) is 17.1. The predicted octanol–water partition coefficient (Wildman–Crippen LogP) is 3.16. The van der Waals surface area contributed by atoms with E-state index in [0.29, 0.717) is 18.3 Å². The molecule has 0 radical (unpaired) electrons. The van der Waals surface area contributed by atoms with Crippen molar-refractivity contribution in [3.8, 4) is 0 Å². The molecule has 0 amide bonds. The van der Waals surface area contributed by atoms with Crippen LogP contribution < -0.4 is 10.6 Å². The molecule has 6 heteroatoms. The Kier molecular flexibility index (Phi) is 9.78. The molecule has 3 atom stereocenters. The number of nitrogens with zero attached hydrogens (tertiary/aromatic N) is 1. The van der Waals surface area contributed by atoms with Crippen LogP contribution in [-0.4, -0.2) is 35.6 Å².